The third-order valence-electron chi connectivity index (χ3n) is 6.90. The molecule has 0 atom stereocenters. The SMILES string of the molecule is COc1cccc(C(=O)N(C)Cc2nn(-c3ccccc3OC)c3c2CN(Cc2ccc(F)cc2)CC3)c1. The first kappa shape index (κ1) is 25.5. The number of amides is 1. The molecule has 1 aliphatic rings. The Hall–Kier alpha value is -4.17. The molecule has 0 bridgehead atoms. The Balaban J connectivity index is 1.47. The van der Waals surface area contributed by atoms with Crippen LogP contribution in [0.1, 0.15) is 32.9 Å². The van der Waals surface area contributed by atoms with Crippen molar-refractivity contribution in [1.29, 1.82) is 0 Å². The van der Waals surface area contributed by atoms with Gasteiger partial charge in [-0.2, -0.15) is 5.10 Å². The fraction of sp³-hybridized carbons (Fsp3) is 0.267. The Kier molecular flexibility index (Phi) is 7.42. The Morgan fingerprint density at radius 3 is 2.58 bits per heavy atom. The molecule has 0 spiro atoms. The van der Waals surface area contributed by atoms with Gasteiger partial charge in [0.15, 0.2) is 0 Å². The van der Waals surface area contributed by atoms with Crippen molar-refractivity contribution in [3.63, 3.8) is 0 Å². The summed E-state index contributed by atoms with van der Waals surface area (Å²) in [7, 11) is 5.03. The molecular formula is C30H31FN4O3. The van der Waals surface area contributed by atoms with Crippen LogP contribution in [0.15, 0.2) is 72.8 Å². The molecule has 196 valence electrons. The van der Waals surface area contributed by atoms with Crippen LogP contribution in [0.25, 0.3) is 5.69 Å². The number of rotatable bonds is 8. The number of nitrogens with zero attached hydrogens (tertiary/aromatic N) is 4. The highest BCUT2D eigenvalue weighted by atomic mass is 19.1. The fourth-order valence-electron chi connectivity index (χ4n) is 4.93. The number of aromatic nitrogens is 2. The van der Waals surface area contributed by atoms with Gasteiger partial charge in [-0.15, -0.1) is 0 Å². The number of fused-ring (bicyclic) bond motifs is 1. The molecule has 1 aromatic heterocycles. The second-order valence-corrected chi connectivity index (χ2v) is 9.44. The van der Waals surface area contributed by atoms with Gasteiger partial charge in [0.1, 0.15) is 23.0 Å². The first-order valence-electron chi connectivity index (χ1n) is 12.6. The topological polar surface area (TPSA) is 59.8 Å². The van der Waals surface area contributed by atoms with Crippen molar-refractivity contribution in [2.45, 2.75) is 26.1 Å². The molecule has 3 aromatic carbocycles. The van der Waals surface area contributed by atoms with E-state index in [0.717, 1.165) is 46.9 Å². The van der Waals surface area contributed by atoms with Crippen molar-refractivity contribution < 1.29 is 18.7 Å². The van der Waals surface area contributed by atoms with Gasteiger partial charge in [-0.05, 0) is 48.0 Å². The van der Waals surface area contributed by atoms with Crippen LogP contribution in [0.5, 0.6) is 11.5 Å². The molecule has 7 nitrogen and oxygen atoms in total. The smallest absolute Gasteiger partial charge is 0.254 e. The van der Waals surface area contributed by atoms with E-state index in [1.807, 2.05) is 53.2 Å². The third kappa shape index (κ3) is 5.26. The maximum absolute atomic E-state index is 13.4. The van der Waals surface area contributed by atoms with E-state index in [1.165, 1.54) is 12.1 Å². The lowest BCUT2D eigenvalue weighted by Gasteiger charge is -2.28. The molecule has 2 heterocycles. The first-order valence-corrected chi connectivity index (χ1v) is 12.6. The number of hydrogen-bond acceptors (Lipinski definition) is 5. The van der Waals surface area contributed by atoms with Gasteiger partial charge < -0.3 is 14.4 Å². The largest absolute Gasteiger partial charge is 0.497 e. The van der Waals surface area contributed by atoms with Crippen molar-refractivity contribution in [1.82, 2.24) is 19.6 Å². The number of methoxy groups -OCH3 is 2. The standard InChI is InChI=1S/C30H31FN4O3/c1-33(30(36)22-7-6-8-24(17-22)37-2)20-26-25-19-34(18-21-11-13-23(31)14-12-21)16-15-27(25)35(32-26)28-9-4-5-10-29(28)38-3/h4-14,17H,15-16,18-20H2,1-3H3. The van der Waals surface area contributed by atoms with Crippen LogP contribution >= 0.6 is 0 Å². The molecule has 0 unspecified atom stereocenters. The van der Waals surface area contributed by atoms with Crippen molar-refractivity contribution in [3.05, 3.63) is 107 Å². The monoisotopic (exact) mass is 514 g/mol. The zero-order valence-electron chi connectivity index (χ0n) is 21.9. The normalized spacial score (nSPS) is 13.2. The summed E-state index contributed by atoms with van der Waals surface area (Å²) in [4.78, 5) is 17.3. The molecule has 0 radical (unpaired) electrons. The lowest BCUT2D eigenvalue weighted by atomic mass is 10.0. The summed E-state index contributed by atoms with van der Waals surface area (Å²) in [6, 6.07) is 21.6. The van der Waals surface area contributed by atoms with E-state index in [4.69, 9.17) is 14.6 Å². The maximum Gasteiger partial charge on any atom is 0.254 e. The van der Waals surface area contributed by atoms with Gasteiger partial charge in [-0.25, -0.2) is 9.07 Å². The van der Waals surface area contributed by atoms with E-state index >= 15 is 0 Å². The van der Waals surface area contributed by atoms with E-state index < -0.39 is 0 Å². The molecular weight excluding hydrogens is 483 g/mol. The van der Waals surface area contributed by atoms with Crippen LogP contribution in [0.3, 0.4) is 0 Å². The highest BCUT2D eigenvalue weighted by molar-refractivity contribution is 5.94. The maximum atomic E-state index is 13.4. The van der Waals surface area contributed by atoms with Crippen LogP contribution in [-0.2, 0) is 26.1 Å². The van der Waals surface area contributed by atoms with Crippen LogP contribution in [-0.4, -0.2) is 53.3 Å². The minimum atomic E-state index is -0.237. The number of benzene rings is 3. The van der Waals surface area contributed by atoms with E-state index in [9.17, 15) is 9.18 Å². The molecule has 1 amide bonds. The summed E-state index contributed by atoms with van der Waals surface area (Å²) in [6.07, 6.45) is 0.787. The van der Waals surface area contributed by atoms with Crippen molar-refractivity contribution >= 4 is 5.91 Å². The minimum absolute atomic E-state index is 0.108. The summed E-state index contributed by atoms with van der Waals surface area (Å²) in [5.74, 6) is 1.03. The third-order valence-corrected chi connectivity index (χ3v) is 6.90. The van der Waals surface area contributed by atoms with Crippen molar-refractivity contribution in [2.75, 3.05) is 27.8 Å². The van der Waals surface area contributed by atoms with E-state index in [-0.39, 0.29) is 11.7 Å². The highest BCUT2D eigenvalue weighted by Gasteiger charge is 2.28. The molecule has 0 fully saturated rings. The number of para-hydroxylation sites is 2. The number of ether oxygens (including phenoxy) is 2. The van der Waals surface area contributed by atoms with Crippen molar-refractivity contribution in [3.8, 4) is 17.2 Å². The summed E-state index contributed by atoms with van der Waals surface area (Å²) in [5.41, 5.74) is 5.54. The minimum Gasteiger partial charge on any atom is -0.497 e. The van der Waals surface area contributed by atoms with Gasteiger partial charge in [0.2, 0.25) is 0 Å². The highest BCUT2D eigenvalue weighted by Crippen LogP contribution is 2.31. The molecule has 4 aromatic rings. The first-order chi connectivity index (χ1) is 18.5. The molecule has 0 aliphatic carbocycles. The summed E-state index contributed by atoms with van der Waals surface area (Å²) >= 11 is 0. The molecule has 0 N–H and O–H groups in total. The van der Waals surface area contributed by atoms with E-state index in [2.05, 4.69) is 4.90 Å². The molecule has 5 rings (SSSR count). The Bertz CT molecular complexity index is 1430. The van der Waals surface area contributed by atoms with E-state index in [0.29, 0.717) is 30.9 Å². The van der Waals surface area contributed by atoms with Gasteiger partial charge in [-0.3, -0.25) is 9.69 Å². The molecule has 1 aliphatic heterocycles. The number of halogens is 1. The van der Waals surface area contributed by atoms with Crippen LogP contribution < -0.4 is 9.47 Å². The molecule has 0 saturated carbocycles. The van der Waals surface area contributed by atoms with Crippen LogP contribution in [0.2, 0.25) is 0 Å². The van der Waals surface area contributed by atoms with Gasteiger partial charge in [0, 0.05) is 44.2 Å². The predicted molar refractivity (Wildman–Crippen MR) is 143 cm³/mol. The Morgan fingerprint density at radius 2 is 1.82 bits per heavy atom. The summed E-state index contributed by atoms with van der Waals surface area (Å²) in [6.45, 7) is 2.57. The average Bonchev–Trinajstić information content (AvgIpc) is 3.30. The summed E-state index contributed by atoms with van der Waals surface area (Å²) < 4.78 is 26.3. The second-order valence-electron chi connectivity index (χ2n) is 9.44. The molecule has 38 heavy (non-hydrogen) atoms. The van der Waals surface area contributed by atoms with Gasteiger partial charge in [0.25, 0.3) is 5.91 Å². The van der Waals surface area contributed by atoms with Gasteiger partial charge in [-0.1, -0.05) is 30.3 Å². The average molecular weight is 515 g/mol. The quantitative estimate of drug-likeness (QED) is 0.336. The predicted octanol–water partition coefficient (Wildman–Crippen LogP) is 4.86. The van der Waals surface area contributed by atoms with Crippen LogP contribution in [0.4, 0.5) is 4.39 Å². The van der Waals surface area contributed by atoms with Gasteiger partial charge in [0.05, 0.1) is 32.2 Å². The summed E-state index contributed by atoms with van der Waals surface area (Å²) in [5, 5.41) is 5.02. The zero-order chi connectivity index (χ0) is 26.6. The Labute approximate surface area is 222 Å². The van der Waals surface area contributed by atoms with E-state index in [1.54, 1.807) is 38.3 Å². The van der Waals surface area contributed by atoms with Crippen molar-refractivity contribution in [2.24, 2.45) is 0 Å². The number of hydrogen-bond donors (Lipinski definition) is 0. The molecule has 0 saturated heterocycles. The van der Waals surface area contributed by atoms with Crippen LogP contribution in [0, 0.1) is 5.82 Å². The van der Waals surface area contributed by atoms with Gasteiger partial charge >= 0.3 is 0 Å². The number of carbonyl (C=O) groups excluding carboxylic acids is 1. The Morgan fingerprint density at radius 1 is 1.03 bits per heavy atom. The molecule has 8 heteroatoms. The zero-order valence-corrected chi connectivity index (χ0v) is 21.9. The fourth-order valence-corrected chi connectivity index (χ4v) is 4.93. The number of carbonyl (C=O) groups is 1. The lowest BCUT2D eigenvalue weighted by molar-refractivity contribution is 0.0782. The second kappa shape index (κ2) is 11.1. The lowest BCUT2D eigenvalue weighted by Crippen LogP contribution is -2.32.